The van der Waals surface area contributed by atoms with Crippen LogP contribution in [0.15, 0.2) is 39.1 Å². The Hall–Kier alpha value is -1.49. The van der Waals surface area contributed by atoms with E-state index in [9.17, 15) is 4.79 Å². The van der Waals surface area contributed by atoms with E-state index in [-0.39, 0.29) is 5.78 Å². The van der Waals surface area contributed by atoms with Crippen LogP contribution in [0.2, 0.25) is 0 Å². The first-order chi connectivity index (χ1) is 10.2. The summed E-state index contributed by atoms with van der Waals surface area (Å²) in [5, 5.41) is 10.8. The van der Waals surface area contributed by atoms with Gasteiger partial charge in [-0.25, -0.2) is 0 Å². The second-order valence-corrected chi connectivity index (χ2v) is 6.33. The van der Waals surface area contributed by atoms with Gasteiger partial charge in [-0.1, -0.05) is 17.4 Å². The predicted octanol–water partition coefficient (Wildman–Crippen LogP) is 4.68. The Bertz CT molecular complexity index is 604. The van der Waals surface area contributed by atoms with Crippen LogP contribution in [0.3, 0.4) is 0 Å². The monoisotopic (exact) mass is 347 g/mol. The molecule has 1 saturated heterocycles. The average molecular weight is 348 g/mol. The molecule has 1 fully saturated rings. The maximum Gasteiger partial charge on any atom is 0.155 e. The van der Waals surface area contributed by atoms with E-state index >= 15 is 0 Å². The molecule has 110 valence electrons. The van der Waals surface area contributed by atoms with E-state index in [1.807, 2.05) is 23.2 Å². The zero-order valence-corrected chi connectivity index (χ0v) is 13.5. The van der Waals surface area contributed by atoms with Crippen molar-refractivity contribution < 1.29 is 4.79 Å². The van der Waals surface area contributed by atoms with Crippen LogP contribution in [0.25, 0.3) is 5.57 Å². The number of hydrogen-bond donors (Lipinski definition) is 0. The quantitative estimate of drug-likeness (QED) is 0.745. The van der Waals surface area contributed by atoms with E-state index in [4.69, 9.17) is 0 Å². The van der Waals surface area contributed by atoms with Gasteiger partial charge in [-0.05, 0) is 59.3 Å². The molecule has 0 bridgehead atoms. The highest BCUT2D eigenvalue weighted by molar-refractivity contribution is 9.10. The highest BCUT2D eigenvalue weighted by Gasteiger charge is 2.16. The second-order valence-electron chi connectivity index (χ2n) is 5.48. The molecule has 1 aromatic carbocycles. The molecular weight excluding hydrogens is 330 g/mol. The van der Waals surface area contributed by atoms with Crippen molar-refractivity contribution in [3.63, 3.8) is 0 Å². The smallest absolute Gasteiger partial charge is 0.155 e. The summed E-state index contributed by atoms with van der Waals surface area (Å²) in [6.45, 7) is 1.95. The highest BCUT2D eigenvalue weighted by Crippen LogP contribution is 2.37. The number of halogens is 1. The molecular formula is C16H18BrN3O. The van der Waals surface area contributed by atoms with E-state index in [1.54, 1.807) is 6.08 Å². The molecule has 5 heteroatoms. The van der Waals surface area contributed by atoms with Gasteiger partial charge in [0.05, 0.1) is 0 Å². The van der Waals surface area contributed by atoms with Crippen LogP contribution in [0, 0.1) is 0 Å². The van der Waals surface area contributed by atoms with Crippen LogP contribution >= 0.6 is 15.9 Å². The summed E-state index contributed by atoms with van der Waals surface area (Å²) in [6.07, 6.45) is 6.62. The molecule has 0 N–H and O–H groups in total. The van der Waals surface area contributed by atoms with Crippen molar-refractivity contribution in [2.75, 3.05) is 13.1 Å². The second kappa shape index (κ2) is 6.52. The molecule has 0 aromatic heterocycles. The van der Waals surface area contributed by atoms with Crippen LogP contribution in [0.4, 0.5) is 5.69 Å². The molecule has 2 aliphatic rings. The van der Waals surface area contributed by atoms with Gasteiger partial charge < -0.3 is 0 Å². The molecule has 0 atom stereocenters. The number of hydrogen-bond acceptors (Lipinski definition) is 3. The fourth-order valence-corrected chi connectivity index (χ4v) is 3.22. The van der Waals surface area contributed by atoms with Crippen molar-refractivity contribution in [2.24, 2.45) is 10.3 Å². The Labute approximate surface area is 133 Å². The van der Waals surface area contributed by atoms with E-state index in [0.29, 0.717) is 6.42 Å². The average Bonchev–Trinajstić information content (AvgIpc) is 2.99. The molecule has 0 unspecified atom stereocenters. The number of carbonyl (C=O) groups is 1. The largest absolute Gasteiger partial charge is 0.295 e. The fourth-order valence-electron chi connectivity index (χ4n) is 2.78. The number of allylic oxidation sites excluding steroid dienone is 2. The van der Waals surface area contributed by atoms with Gasteiger partial charge in [-0.2, -0.15) is 0 Å². The van der Waals surface area contributed by atoms with E-state index in [2.05, 4.69) is 26.3 Å². The lowest BCUT2D eigenvalue weighted by Gasteiger charge is -2.15. The summed E-state index contributed by atoms with van der Waals surface area (Å²) in [6, 6.07) is 5.97. The predicted molar refractivity (Wildman–Crippen MR) is 86.3 cm³/mol. The molecule has 21 heavy (non-hydrogen) atoms. The lowest BCUT2D eigenvalue weighted by atomic mass is 9.92. The molecule has 3 rings (SSSR count). The Kier molecular flexibility index (Phi) is 4.48. The SMILES string of the molecule is O=C1C=C(c2cccc(Br)c2N=NN2CCCC2)CCC1. The number of nitrogens with zero attached hydrogens (tertiary/aromatic N) is 3. The summed E-state index contributed by atoms with van der Waals surface area (Å²) in [5.41, 5.74) is 2.91. The minimum Gasteiger partial charge on any atom is -0.295 e. The molecule has 1 heterocycles. The minimum atomic E-state index is 0.207. The zero-order chi connectivity index (χ0) is 14.7. The summed E-state index contributed by atoms with van der Waals surface area (Å²) >= 11 is 3.55. The van der Waals surface area contributed by atoms with Crippen LogP contribution in [0.1, 0.15) is 37.7 Å². The Balaban J connectivity index is 1.93. The molecule has 1 aliphatic carbocycles. The standard InChI is InChI=1S/C16H18BrN3O/c17-15-8-4-7-14(12-5-3-6-13(21)11-12)16(15)18-19-20-9-1-2-10-20/h4,7-8,11H,1-3,5-6,9-10H2. The third kappa shape index (κ3) is 3.40. The van der Waals surface area contributed by atoms with Crippen LogP contribution < -0.4 is 0 Å². The summed E-state index contributed by atoms with van der Waals surface area (Å²) in [4.78, 5) is 11.7. The van der Waals surface area contributed by atoms with Crippen molar-refractivity contribution in [3.05, 3.63) is 34.3 Å². The molecule has 0 amide bonds. The molecule has 1 aliphatic heterocycles. The van der Waals surface area contributed by atoms with Gasteiger partial charge in [0.25, 0.3) is 0 Å². The normalized spacial score (nSPS) is 19.4. The van der Waals surface area contributed by atoms with Crippen molar-refractivity contribution in [1.82, 2.24) is 5.01 Å². The number of benzene rings is 1. The maximum absolute atomic E-state index is 11.7. The number of rotatable bonds is 3. The van der Waals surface area contributed by atoms with E-state index in [1.165, 1.54) is 12.8 Å². The third-order valence-electron chi connectivity index (χ3n) is 3.89. The highest BCUT2D eigenvalue weighted by atomic mass is 79.9. The van der Waals surface area contributed by atoms with E-state index < -0.39 is 0 Å². The maximum atomic E-state index is 11.7. The van der Waals surface area contributed by atoms with E-state index in [0.717, 1.165) is 47.2 Å². The molecule has 4 nitrogen and oxygen atoms in total. The summed E-state index contributed by atoms with van der Waals surface area (Å²) in [5.74, 6) is 0.207. The first kappa shape index (κ1) is 14.4. The van der Waals surface area contributed by atoms with Gasteiger partial charge in [-0.15, -0.1) is 5.11 Å². The zero-order valence-electron chi connectivity index (χ0n) is 11.9. The molecule has 1 aromatic rings. The van der Waals surface area contributed by atoms with Gasteiger partial charge in [0, 0.05) is 29.5 Å². The van der Waals surface area contributed by atoms with Crippen molar-refractivity contribution in [2.45, 2.75) is 32.1 Å². The number of ketones is 1. The van der Waals surface area contributed by atoms with Gasteiger partial charge in [0.1, 0.15) is 5.69 Å². The summed E-state index contributed by atoms with van der Waals surface area (Å²) in [7, 11) is 0. The first-order valence-corrected chi connectivity index (χ1v) is 8.22. The molecule has 0 saturated carbocycles. The lowest BCUT2D eigenvalue weighted by molar-refractivity contribution is -0.114. The molecule has 0 radical (unpaired) electrons. The van der Waals surface area contributed by atoms with Crippen molar-refractivity contribution >= 4 is 33.0 Å². The van der Waals surface area contributed by atoms with Crippen LogP contribution in [-0.4, -0.2) is 23.9 Å². The van der Waals surface area contributed by atoms with Crippen LogP contribution in [-0.2, 0) is 4.79 Å². The van der Waals surface area contributed by atoms with Crippen molar-refractivity contribution in [1.29, 1.82) is 0 Å². The summed E-state index contributed by atoms with van der Waals surface area (Å²) < 4.78 is 0.918. The Morgan fingerprint density at radius 3 is 2.67 bits per heavy atom. The minimum absolute atomic E-state index is 0.207. The lowest BCUT2D eigenvalue weighted by Crippen LogP contribution is -2.09. The Morgan fingerprint density at radius 2 is 1.90 bits per heavy atom. The molecule has 0 spiro atoms. The van der Waals surface area contributed by atoms with Crippen molar-refractivity contribution in [3.8, 4) is 0 Å². The van der Waals surface area contributed by atoms with Gasteiger partial charge >= 0.3 is 0 Å². The van der Waals surface area contributed by atoms with Crippen LogP contribution in [0.5, 0.6) is 0 Å². The third-order valence-corrected chi connectivity index (χ3v) is 4.53. The fraction of sp³-hybridized carbons (Fsp3) is 0.438. The number of carbonyl (C=O) groups excluding carboxylic acids is 1. The Morgan fingerprint density at radius 1 is 1.10 bits per heavy atom. The van der Waals surface area contributed by atoms with Gasteiger partial charge in [0.15, 0.2) is 5.78 Å². The topological polar surface area (TPSA) is 45.0 Å². The first-order valence-electron chi connectivity index (χ1n) is 7.43. The van der Waals surface area contributed by atoms with Gasteiger partial charge in [0.2, 0.25) is 0 Å². The van der Waals surface area contributed by atoms with Gasteiger partial charge in [-0.3, -0.25) is 9.80 Å².